The van der Waals surface area contributed by atoms with E-state index in [-0.39, 0.29) is 5.91 Å². The van der Waals surface area contributed by atoms with Crippen LogP contribution in [0, 0.1) is 0 Å². The van der Waals surface area contributed by atoms with E-state index in [0.29, 0.717) is 34.5 Å². The van der Waals surface area contributed by atoms with Gasteiger partial charge < -0.3 is 4.74 Å². The van der Waals surface area contributed by atoms with Crippen LogP contribution in [0.4, 0.5) is 0 Å². The largest absolute Gasteiger partial charge is 0.489 e. The number of aromatic nitrogens is 2. The van der Waals surface area contributed by atoms with Crippen molar-refractivity contribution in [1.29, 1.82) is 0 Å². The summed E-state index contributed by atoms with van der Waals surface area (Å²) in [7, 11) is 0. The highest BCUT2D eigenvalue weighted by atomic mass is 35.5. The van der Waals surface area contributed by atoms with E-state index in [1.807, 2.05) is 85.8 Å². The highest BCUT2D eigenvalue weighted by Gasteiger charge is 2.11. The average Bonchev–Trinajstić information content (AvgIpc) is 3.42. The molecule has 4 aromatic carbocycles. The lowest BCUT2D eigenvalue weighted by atomic mass is 10.0. The van der Waals surface area contributed by atoms with Crippen molar-refractivity contribution in [3.8, 4) is 17.0 Å². The summed E-state index contributed by atoms with van der Waals surface area (Å²) in [4.78, 5) is 12.6. The van der Waals surface area contributed by atoms with Gasteiger partial charge in [-0.2, -0.15) is 10.2 Å². The summed E-state index contributed by atoms with van der Waals surface area (Å²) in [5.74, 6) is 0.347. The summed E-state index contributed by atoms with van der Waals surface area (Å²) in [5, 5.41) is 14.3. The first-order valence-corrected chi connectivity index (χ1v) is 11.8. The average molecular weight is 495 g/mol. The van der Waals surface area contributed by atoms with E-state index >= 15 is 0 Å². The van der Waals surface area contributed by atoms with Crippen LogP contribution >= 0.6 is 11.6 Å². The Morgan fingerprint density at radius 3 is 2.50 bits per heavy atom. The molecular weight excluding hydrogens is 472 g/mol. The second-order valence-electron chi connectivity index (χ2n) is 8.27. The first kappa shape index (κ1) is 23.3. The monoisotopic (exact) mass is 494 g/mol. The minimum Gasteiger partial charge on any atom is -0.489 e. The van der Waals surface area contributed by atoms with Crippen molar-refractivity contribution >= 4 is 34.0 Å². The number of H-pyrrole nitrogens is 1. The zero-order valence-electron chi connectivity index (χ0n) is 19.5. The van der Waals surface area contributed by atoms with Crippen molar-refractivity contribution in [2.75, 3.05) is 0 Å². The molecule has 36 heavy (non-hydrogen) atoms. The molecule has 0 atom stereocenters. The number of aromatic amines is 1. The van der Waals surface area contributed by atoms with E-state index in [9.17, 15) is 4.79 Å². The Morgan fingerprint density at radius 2 is 1.69 bits per heavy atom. The van der Waals surface area contributed by atoms with Gasteiger partial charge in [0.25, 0.3) is 5.91 Å². The summed E-state index contributed by atoms with van der Waals surface area (Å²) >= 11 is 6.18. The van der Waals surface area contributed by atoms with Crippen LogP contribution in [0.3, 0.4) is 0 Å². The number of hydrazone groups is 1. The molecule has 5 rings (SSSR count). The molecule has 0 saturated heterocycles. The van der Waals surface area contributed by atoms with Gasteiger partial charge in [-0.1, -0.05) is 66.2 Å². The van der Waals surface area contributed by atoms with Crippen molar-refractivity contribution in [3.63, 3.8) is 0 Å². The number of rotatable bonds is 7. The minimum absolute atomic E-state index is 0.319. The molecule has 0 saturated carbocycles. The molecule has 0 unspecified atom stereocenters. The number of hydrogen-bond acceptors (Lipinski definition) is 4. The van der Waals surface area contributed by atoms with Gasteiger partial charge in [-0.15, -0.1) is 0 Å². The number of carbonyl (C=O) groups excluding carboxylic acids is 1. The number of amides is 1. The fraction of sp³-hybridized carbons (Fsp3) is 0.0690. The van der Waals surface area contributed by atoms with Crippen molar-refractivity contribution in [3.05, 3.63) is 119 Å². The molecule has 6 nitrogen and oxygen atoms in total. The SMILES string of the molecule is CC(=NNC(=O)c1cc(-c2ccc(OCc3ccccc3Cl)cc2)n[nH]1)c1ccc2ccccc2c1. The molecule has 2 N–H and O–H groups in total. The molecule has 7 heteroatoms. The van der Waals surface area contributed by atoms with Gasteiger partial charge in [0.15, 0.2) is 0 Å². The maximum Gasteiger partial charge on any atom is 0.289 e. The summed E-state index contributed by atoms with van der Waals surface area (Å²) in [6.45, 7) is 2.24. The molecule has 1 aromatic heterocycles. The smallest absolute Gasteiger partial charge is 0.289 e. The Balaban J connectivity index is 1.21. The number of nitrogens with zero attached hydrogens (tertiary/aromatic N) is 2. The Kier molecular flexibility index (Phi) is 6.78. The lowest BCUT2D eigenvalue weighted by Gasteiger charge is -2.08. The molecule has 0 fully saturated rings. The van der Waals surface area contributed by atoms with Crippen LogP contribution in [0.2, 0.25) is 5.02 Å². The van der Waals surface area contributed by atoms with Crippen LogP contribution in [0.1, 0.15) is 28.5 Å². The van der Waals surface area contributed by atoms with Gasteiger partial charge >= 0.3 is 0 Å². The van der Waals surface area contributed by atoms with Crippen LogP contribution in [-0.4, -0.2) is 21.8 Å². The quantitative estimate of drug-likeness (QED) is 0.197. The van der Waals surface area contributed by atoms with E-state index in [1.54, 1.807) is 6.07 Å². The van der Waals surface area contributed by atoms with E-state index < -0.39 is 0 Å². The predicted octanol–water partition coefficient (Wildman–Crippen LogP) is 6.62. The van der Waals surface area contributed by atoms with Crippen LogP contribution in [0.25, 0.3) is 22.0 Å². The lowest BCUT2D eigenvalue weighted by molar-refractivity contribution is 0.0950. The summed E-state index contributed by atoms with van der Waals surface area (Å²) in [6.07, 6.45) is 0. The number of carbonyl (C=O) groups is 1. The number of nitrogens with one attached hydrogen (secondary N) is 2. The molecule has 5 aromatic rings. The third-order valence-corrected chi connectivity index (χ3v) is 6.19. The van der Waals surface area contributed by atoms with Gasteiger partial charge in [0.05, 0.1) is 11.4 Å². The molecule has 178 valence electrons. The van der Waals surface area contributed by atoms with E-state index in [2.05, 4.69) is 32.9 Å². The molecular formula is C29H23ClN4O2. The normalized spacial score (nSPS) is 11.4. The maximum atomic E-state index is 12.6. The molecule has 1 amide bonds. The molecule has 0 spiro atoms. The summed E-state index contributed by atoms with van der Waals surface area (Å²) < 4.78 is 5.83. The second kappa shape index (κ2) is 10.5. The fourth-order valence-electron chi connectivity index (χ4n) is 3.76. The molecule has 0 aliphatic heterocycles. The van der Waals surface area contributed by atoms with Gasteiger partial charge in [-0.3, -0.25) is 9.89 Å². The highest BCUT2D eigenvalue weighted by molar-refractivity contribution is 6.31. The number of hydrogen-bond donors (Lipinski definition) is 2. The number of benzene rings is 4. The summed E-state index contributed by atoms with van der Waals surface area (Å²) in [5.41, 5.74) is 6.99. The zero-order valence-corrected chi connectivity index (χ0v) is 20.3. The minimum atomic E-state index is -0.367. The fourth-order valence-corrected chi connectivity index (χ4v) is 3.95. The Bertz CT molecular complexity index is 1560. The van der Waals surface area contributed by atoms with Gasteiger partial charge in [-0.25, -0.2) is 5.43 Å². The number of halogens is 1. The number of fused-ring (bicyclic) bond motifs is 1. The maximum absolute atomic E-state index is 12.6. The molecule has 1 heterocycles. The first-order chi connectivity index (χ1) is 17.6. The Hall–Kier alpha value is -4.42. The van der Waals surface area contributed by atoms with Crippen molar-refractivity contribution in [1.82, 2.24) is 15.6 Å². The van der Waals surface area contributed by atoms with Crippen molar-refractivity contribution < 1.29 is 9.53 Å². The molecule has 0 aliphatic carbocycles. The Labute approximate surface area is 213 Å². The van der Waals surface area contributed by atoms with Gasteiger partial charge in [-0.05, 0) is 65.7 Å². The highest BCUT2D eigenvalue weighted by Crippen LogP contribution is 2.23. The molecule has 0 bridgehead atoms. The first-order valence-electron chi connectivity index (χ1n) is 11.4. The van der Waals surface area contributed by atoms with Gasteiger partial charge in [0.1, 0.15) is 18.1 Å². The topological polar surface area (TPSA) is 79.4 Å². The summed E-state index contributed by atoms with van der Waals surface area (Å²) in [6, 6.07) is 31.0. The van der Waals surface area contributed by atoms with Crippen LogP contribution in [-0.2, 0) is 6.61 Å². The van der Waals surface area contributed by atoms with E-state index in [4.69, 9.17) is 16.3 Å². The third-order valence-electron chi connectivity index (χ3n) is 5.82. The van der Waals surface area contributed by atoms with E-state index in [0.717, 1.165) is 27.5 Å². The Morgan fingerprint density at radius 1 is 0.944 bits per heavy atom. The second-order valence-corrected chi connectivity index (χ2v) is 8.68. The lowest BCUT2D eigenvalue weighted by Crippen LogP contribution is -2.19. The van der Waals surface area contributed by atoms with Crippen molar-refractivity contribution in [2.45, 2.75) is 13.5 Å². The van der Waals surface area contributed by atoms with Crippen LogP contribution < -0.4 is 10.2 Å². The standard InChI is InChI=1S/C29H23ClN4O2/c1-19(22-11-10-20-6-2-3-7-23(20)16-22)31-34-29(35)28-17-27(32-33-28)21-12-14-25(15-13-21)36-18-24-8-4-5-9-26(24)30/h2-17H,18H2,1H3,(H,32,33)(H,34,35). The van der Waals surface area contributed by atoms with Crippen LogP contribution in [0.5, 0.6) is 5.75 Å². The zero-order chi connectivity index (χ0) is 24.9. The predicted molar refractivity (Wildman–Crippen MR) is 143 cm³/mol. The van der Waals surface area contributed by atoms with E-state index in [1.165, 1.54) is 0 Å². The van der Waals surface area contributed by atoms with Crippen molar-refractivity contribution in [2.24, 2.45) is 5.10 Å². The van der Waals surface area contributed by atoms with Gasteiger partial charge in [0, 0.05) is 16.1 Å². The van der Waals surface area contributed by atoms with Gasteiger partial charge in [0.2, 0.25) is 0 Å². The van der Waals surface area contributed by atoms with Crippen LogP contribution in [0.15, 0.2) is 102 Å². The number of ether oxygens (including phenoxy) is 1. The molecule has 0 aliphatic rings. The molecule has 0 radical (unpaired) electrons. The third kappa shape index (κ3) is 5.29.